The first-order chi connectivity index (χ1) is 6.60. The molecular formula is C11H14O3. The minimum atomic E-state index is -0.0418. The lowest BCUT2D eigenvalue weighted by Crippen LogP contribution is -1.99. The zero-order valence-corrected chi connectivity index (χ0v) is 8.63. The van der Waals surface area contributed by atoms with Crippen LogP contribution in [-0.4, -0.2) is 18.0 Å². The van der Waals surface area contributed by atoms with E-state index in [1.54, 1.807) is 6.07 Å². The van der Waals surface area contributed by atoms with Crippen molar-refractivity contribution in [3.8, 4) is 11.5 Å². The van der Waals surface area contributed by atoms with Crippen LogP contribution < -0.4 is 4.74 Å². The lowest BCUT2D eigenvalue weighted by Gasteiger charge is -2.09. The second kappa shape index (κ2) is 4.13. The Morgan fingerprint density at radius 1 is 1.50 bits per heavy atom. The molecule has 76 valence electrons. The largest absolute Gasteiger partial charge is 0.504 e. The number of phenolic OH excluding ortho intramolecular Hbond substituents is 1. The number of carbonyl (C=O) groups excluding carboxylic acids is 1. The summed E-state index contributed by atoms with van der Waals surface area (Å²) >= 11 is 0. The first-order valence-electron chi connectivity index (χ1n) is 4.51. The van der Waals surface area contributed by atoms with E-state index in [1.165, 1.54) is 20.1 Å². The summed E-state index contributed by atoms with van der Waals surface area (Å²) in [5.41, 5.74) is 1.46. The molecule has 3 nitrogen and oxygen atoms in total. The van der Waals surface area contributed by atoms with Crippen molar-refractivity contribution in [3.63, 3.8) is 0 Å². The average molecular weight is 194 g/mol. The second-order valence-electron chi connectivity index (χ2n) is 3.09. The Bertz CT molecular complexity index is 356. The maximum atomic E-state index is 11.2. The zero-order valence-electron chi connectivity index (χ0n) is 8.63. The van der Waals surface area contributed by atoms with Gasteiger partial charge in [0, 0.05) is 5.56 Å². The number of methoxy groups -OCH3 is 1. The van der Waals surface area contributed by atoms with Gasteiger partial charge in [-0.05, 0) is 31.0 Å². The van der Waals surface area contributed by atoms with Crippen LogP contribution >= 0.6 is 0 Å². The van der Waals surface area contributed by atoms with Crippen molar-refractivity contribution >= 4 is 5.78 Å². The van der Waals surface area contributed by atoms with Gasteiger partial charge in [0.25, 0.3) is 0 Å². The Balaban J connectivity index is 3.31. The molecule has 3 heteroatoms. The van der Waals surface area contributed by atoms with Gasteiger partial charge in [-0.2, -0.15) is 0 Å². The Morgan fingerprint density at radius 2 is 2.14 bits per heavy atom. The second-order valence-corrected chi connectivity index (χ2v) is 3.09. The van der Waals surface area contributed by atoms with Crippen molar-refractivity contribution < 1.29 is 14.6 Å². The molecule has 1 aromatic rings. The molecule has 1 rings (SSSR count). The summed E-state index contributed by atoms with van der Waals surface area (Å²) in [7, 11) is 1.49. The summed E-state index contributed by atoms with van der Waals surface area (Å²) in [6.45, 7) is 3.44. The molecule has 0 bridgehead atoms. The number of hydrogen-bond donors (Lipinski definition) is 1. The molecule has 0 aromatic heterocycles. The molecule has 0 saturated heterocycles. The number of phenols is 1. The van der Waals surface area contributed by atoms with E-state index in [9.17, 15) is 9.90 Å². The van der Waals surface area contributed by atoms with Gasteiger partial charge in [0.05, 0.1) is 7.11 Å². The number of aromatic hydroxyl groups is 1. The quantitative estimate of drug-likeness (QED) is 0.750. The Kier molecular flexibility index (Phi) is 3.12. The molecule has 0 atom stereocenters. The summed E-state index contributed by atoms with van der Waals surface area (Å²) in [4.78, 5) is 11.2. The van der Waals surface area contributed by atoms with Crippen LogP contribution in [0.15, 0.2) is 12.1 Å². The number of Topliss-reactive ketones (excluding diaryl/α,β-unsaturated/α-hetero) is 1. The van der Waals surface area contributed by atoms with Gasteiger partial charge in [0.1, 0.15) is 0 Å². The van der Waals surface area contributed by atoms with Crippen molar-refractivity contribution in [2.24, 2.45) is 0 Å². The summed E-state index contributed by atoms with van der Waals surface area (Å²) in [5.74, 6) is 0.376. The van der Waals surface area contributed by atoms with Crippen LogP contribution in [0, 0.1) is 0 Å². The van der Waals surface area contributed by atoms with E-state index in [4.69, 9.17) is 4.74 Å². The molecule has 0 spiro atoms. The number of hydrogen-bond acceptors (Lipinski definition) is 3. The molecule has 0 aliphatic heterocycles. The predicted octanol–water partition coefficient (Wildman–Crippen LogP) is 2.17. The van der Waals surface area contributed by atoms with E-state index in [2.05, 4.69) is 0 Å². The number of carbonyl (C=O) groups is 1. The van der Waals surface area contributed by atoms with Crippen LogP contribution in [0.1, 0.15) is 29.8 Å². The van der Waals surface area contributed by atoms with Crippen molar-refractivity contribution in [2.45, 2.75) is 20.3 Å². The minimum absolute atomic E-state index is 0.00917. The fourth-order valence-electron chi connectivity index (χ4n) is 1.39. The minimum Gasteiger partial charge on any atom is -0.504 e. The van der Waals surface area contributed by atoms with Crippen molar-refractivity contribution in [2.75, 3.05) is 7.11 Å². The highest BCUT2D eigenvalue weighted by molar-refractivity contribution is 5.96. The van der Waals surface area contributed by atoms with Crippen LogP contribution in [0.5, 0.6) is 11.5 Å². The average Bonchev–Trinajstić information content (AvgIpc) is 2.17. The smallest absolute Gasteiger partial charge is 0.160 e. The summed E-state index contributed by atoms with van der Waals surface area (Å²) < 4.78 is 4.96. The number of ketones is 1. The van der Waals surface area contributed by atoms with Gasteiger partial charge in [0.15, 0.2) is 17.3 Å². The van der Waals surface area contributed by atoms with E-state index in [-0.39, 0.29) is 11.5 Å². The van der Waals surface area contributed by atoms with Gasteiger partial charge in [-0.25, -0.2) is 0 Å². The normalized spacial score (nSPS) is 9.93. The Labute approximate surface area is 83.3 Å². The van der Waals surface area contributed by atoms with Gasteiger partial charge < -0.3 is 9.84 Å². The van der Waals surface area contributed by atoms with Crippen molar-refractivity contribution in [1.82, 2.24) is 0 Å². The van der Waals surface area contributed by atoms with E-state index >= 15 is 0 Å². The number of ether oxygens (including phenoxy) is 1. The first kappa shape index (κ1) is 10.6. The van der Waals surface area contributed by atoms with Crippen LogP contribution in [0.4, 0.5) is 0 Å². The number of benzene rings is 1. The van der Waals surface area contributed by atoms with Gasteiger partial charge in [0.2, 0.25) is 0 Å². The molecule has 0 radical (unpaired) electrons. The van der Waals surface area contributed by atoms with Gasteiger partial charge in [-0.15, -0.1) is 0 Å². The molecule has 1 aromatic carbocycles. The maximum absolute atomic E-state index is 11.2. The van der Waals surface area contributed by atoms with E-state index < -0.39 is 0 Å². The Morgan fingerprint density at radius 3 is 2.57 bits per heavy atom. The molecule has 1 N–H and O–H groups in total. The van der Waals surface area contributed by atoms with E-state index in [1.807, 2.05) is 6.92 Å². The van der Waals surface area contributed by atoms with Crippen LogP contribution in [0.25, 0.3) is 0 Å². The van der Waals surface area contributed by atoms with Crippen LogP contribution in [-0.2, 0) is 6.42 Å². The third-order valence-corrected chi connectivity index (χ3v) is 2.16. The third kappa shape index (κ3) is 1.87. The molecule has 0 heterocycles. The summed E-state index contributed by atoms with van der Waals surface area (Å²) in [5, 5.41) is 9.48. The van der Waals surface area contributed by atoms with Crippen molar-refractivity contribution in [1.29, 1.82) is 0 Å². The van der Waals surface area contributed by atoms with Gasteiger partial charge in [-0.3, -0.25) is 4.79 Å². The zero-order chi connectivity index (χ0) is 10.7. The predicted molar refractivity (Wildman–Crippen MR) is 54.0 cm³/mol. The molecule has 0 fully saturated rings. The highest BCUT2D eigenvalue weighted by Crippen LogP contribution is 2.29. The molecule has 0 saturated carbocycles. The molecule has 0 aliphatic carbocycles. The third-order valence-electron chi connectivity index (χ3n) is 2.16. The standard InChI is InChI=1S/C11H14O3/c1-4-8-5-11(14-3)10(13)6-9(8)7(2)12/h5-6,13H,4H2,1-3H3. The van der Waals surface area contributed by atoms with Crippen LogP contribution in [0.2, 0.25) is 0 Å². The van der Waals surface area contributed by atoms with Crippen LogP contribution in [0.3, 0.4) is 0 Å². The molecule has 0 unspecified atom stereocenters. The highest BCUT2D eigenvalue weighted by atomic mass is 16.5. The lowest BCUT2D eigenvalue weighted by molar-refractivity contribution is 0.101. The number of aryl methyl sites for hydroxylation is 1. The van der Waals surface area contributed by atoms with Crippen molar-refractivity contribution in [3.05, 3.63) is 23.3 Å². The summed E-state index contributed by atoms with van der Waals surface area (Å²) in [6.07, 6.45) is 0.742. The summed E-state index contributed by atoms with van der Waals surface area (Å²) in [6, 6.07) is 3.16. The molecule has 14 heavy (non-hydrogen) atoms. The van der Waals surface area contributed by atoms with Gasteiger partial charge >= 0.3 is 0 Å². The highest BCUT2D eigenvalue weighted by Gasteiger charge is 2.11. The molecule has 0 aliphatic rings. The molecular weight excluding hydrogens is 180 g/mol. The topological polar surface area (TPSA) is 46.5 Å². The maximum Gasteiger partial charge on any atom is 0.160 e. The fourth-order valence-corrected chi connectivity index (χ4v) is 1.39. The first-order valence-corrected chi connectivity index (χ1v) is 4.51. The van der Waals surface area contributed by atoms with E-state index in [0.717, 1.165) is 12.0 Å². The SMILES string of the molecule is CCc1cc(OC)c(O)cc1C(C)=O. The fraction of sp³-hybridized carbons (Fsp3) is 0.364. The number of rotatable bonds is 3. The molecule has 0 amide bonds. The monoisotopic (exact) mass is 194 g/mol. The Hall–Kier alpha value is -1.51. The van der Waals surface area contributed by atoms with Gasteiger partial charge in [-0.1, -0.05) is 6.92 Å². The van der Waals surface area contributed by atoms with E-state index in [0.29, 0.717) is 11.3 Å². The lowest BCUT2D eigenvalue weighted by atomic mass is 10.0.